The Balaban J connectivity index is 1.98. The van der Waals surface area contributed by atoms with Crippen LogP contribution in [0.4, 0.5) is 5.69 Å². The first-order valence-electron chi connectivity index (χ1n) is 8.44. The summed E-state index contributed by atoms with van der Waals surface area (Å²) in [4.78, 5) is 29.3. The van der Waals surface area contributed by atoms with E-state index >= 15 is 0 Å². The van der Waals surface area contributed by atoms with Gasteiger partial charge in [-0.3, -0.25) is 14.6 Å². The lowest BCUT2D eigenvalue weighted by molar-refractivity contribution is -0.118. The average molecular weight is 370 g/mol. The number of nitrogens with zero attached hydrogens (tertiary/aromatic N) is 2. The second-order valence-electron chi connectivity index (χ2n) is 6.30. The van der Waals surface area contributed by atoms with Gasteiger partial charge in [0.25, 0.3) is 0 Å². The summed E-state index contributed by atoms with van der Waals surface area (Å²) < 4.78 is 0. The number of benzene rings is 2. The molecule has 2 aromatic carbocycles. The summed E-state index contributed by atoms with van der Waals surface area (Å²) in [7, 11) is 1.74. The van der Waals surface area contributed by atoms with E-state index in [-0.39, 0.29) is 18.4 Å². The predicted molar refractivity (Wildman–Crippen MR) is 104 cm³/mol. The van der Waals surface area contributed by atoms with Crippen LogP contribution in [0.15, 0.2) is 47.5 Å². The number of carbonyl (C=O) groups is 2. The van der Waals surface area contributed by atoms with Crippen molar-refractivity contribution in [1.29, 1.82) is 0 Å². The summed E-state index contributed by atoms with van der Waals surface area (Å²) in [5, 5.41) is 0.594. The third kappa shape index (κ3) is 3.94. The van der Waals surface area contributed by atoms with Gasteiger partial charge < -0.3 is 10.6 Å². The van der Waals surface area contributed by atoms with Crippen molar-refractivity contribution in [2.24, 2.45) is 10.7 Å². The van der Waals surface area contributed by atoms with Crippen LogP contribution in [0.5, 0.6) is 0 Å². The van der Waals surface area contributed by atoms with Gasteiger partial charge in [-0.2, -0.15) is 0 Å². The Morgan fingerprint density at radius 3 is 2.85 bits per heavy atom. The van der Waals surface area contributed by atoms with E-state index in [0.717, 1.165) is 34.5 Å². The molecule has 5 nitrogen and oxygen atoms in total. The van der Waals surface area contributed by atoms with Crippen LogP contribution in [0.1, 0.15) is 29.5 Å². The third-order valence-electron chi connectivity index (χ3n) is 4.41. The van der Waals surface area contributed by atoms with Gasteiger partial charge in [0.15, 0.2) is 0 Å². The summed E-state index contributed by atoms with van der Waals surface area (Å²) in [6.45, 7) is 0.0873. The molecule has 0 unspecified atom stereocenters. The summed E-state index contributed by atoms with van der Waals surface area (Å²) >= 11 is 6.19. The molecule has 0 bridgehead atoms. The minimum Gasteiger partial charge on any atom is -0.370 e. The molecule has 1 aliphatic rings. The van der Waals surface area contributed by atoms with E-state index < -0.39 is 0 Å². The molecule has 0 atom stereocenters. The molecule has 0 radical (unpaired) electrons. The fraction of sp³-hybridized carbons (Fsp3) is 0.250. The number of aliphatic imine (C=N–C) groups is 1. The number of halogens is 1. The number of nitrogens with two attached hydrogens (primary N) is 1. The highest BCUT2D eigenvalue weighted by Gasteiger charge is 2.22. The van der Waals surface area contributed by atoms with Crippen LogP contribution in [0.2, 0.25) is 5.02 Å². The number of likely N-dealkylation sites (N-methyl/N-ethyl adjacent to an activating group) is 1. The number of hydrogen-bond donors (Lipinski definition) is 1. The number of hydrogen-bond acceptors (Lipinski definition) is 3. The van der Waals surface area contributed by atoms with E-state index in [0.29, 0.717) is 17.9 Å². The summed E-state index contributed by atoms with van der Waals surface area (Å²) in [5.41, 5.74) is 9.59. The first-order chi connectivity index (χ1) is 12.5. The lowest BCUT2D eigenvalue weighted by Crippen LogP contribution is -2.27. The molecule has 0 aromatic heterocycles. The highest BCUT2D eigenvalue weighted by molar-refractivity contribution is 6.32. The number of primary amides is 1. The monoisotopic (exact) mass is 369 g/mol. The molecule has 0 aliphatic carbocycles. The Morgan fingerprint density at radius 2 is 2.08 bits per heavy atom. The number of anilines is 1. The Labute approximate surface area is 157 Å². The molecule has 2 aromatic rings. The quantitative estimate of drug-likeness (QED) is 0.879. The Bertz CT molecular complexity index is 892. The second kappa shape index (κ2) is 7.70. The molecule has 1 aliphatic heterocycles. The molecule has 0 spiro atoms. The minimum absolute atomic E-state index is 0.0683. The van der Waals surface area contributed by atoms with Crippen LogP contribution >= 0.6 is 11.6 Å². The van der Waals surface area contributed by atoms with Crippen LogP contribution in [0.3, 0.4) is 0 Å². The van der Waals surface area contributed by atoms with Gasteiger partial charge in [0.05, 0.1) is 11.4 Å². The van der Waals surface area contributed by atoms with Gasteiger partial charge in [0, 0.05) is 29.6 Å². The number of benzodiazepines with no additional fused rings is 1. The molecule has 2 N–H and O–H groups in total. The van der Waals surface area contributed by atoms with Gasteiger partial charge in [-0.1, -0.05) is 29.8 Å². The first-order valence-corrected chi connectivity index (χ1v) is 8.82. The van der Waals surface area contributed by atoms with Gasteiger partial charge in [0.1, 0.15) is 6.54 Å². The lowest BCUT2D eigenvalue weighted by Gasteiger charge is -2.18. The lowest BCUT2D eigenvalue weighted by atomic mass is 9.97. The number of amides is 2. The molecule has 134 valence electrons. The molecule has 3 rings (SSSR count). The number of carbonyl (C=O) groups excluding carboxylic acids is 2. The molecular formula is C20H20ClN3O2. The molecule has 0 saturated carbocycles. The van der Waals surface area contributed by atoms with Crippen molar-refractivity contribution >= 4 is 34.8 Å². The van der Waals surface area contributed by atoms with Crippen molar-refractivity contribution in [2.75, 3.05) is 18.5 Å². The normalized spacial score (nSPS) is 13.8. The van der Waals surface area contributed by atoms with Crippen molar-refractivity contribution in [3.63, 3.8) is 0 Å². The number of aryl methyl sites for hydroxylation is 1. The zero-order chi connectivity index (χ0) is 18.7. The molecule has 1 heterocycles. The molecule has 26 heavy (non-hydrogen) atoms. The predicted octanol–water partition coefficient (Wildman–Crippen LogP) is 2.96. The molecule has 6 heteroatoms. The van der Waals surface area contributed by atoms with Crippen molar-refractivity contribution in [3.8, 4) is 0 Å². The summed E-state index contributed by atoms with van der Waals surface area (Å²) in [5.74, 6) is -0.361. The van der Waals surface area contributed by atoms with Gasteiger partial charge in [-0.05, 0) is 42.7 Å². The smallest absolute Gasteiger partial charge is 0.248 e. The highest BCUT2D eigenvalue weighted by atomic mass is 35.5. The average Bonchev–Trinajstić information content (AvgIpc) is 2.72. The maximum absolute atomic E-state index is 12.3. The zero-order valence-corrected chi connectivity index (χ0v) is 15.3. The topological polar surface area (TPSA) is 75.8 Å². The van der Waals surface area contributed by atoms with Gasteiger partial charge in [0.2, 0.25) is 11.8 Å². The molecule has 0 saturated heterocycles. The maximum Gasteiger partial charge on any atom is 0.248 e. The SMILES string of the molecule is CN1C(=O)CN=C(c2cccc(CCCC(N)=O)c2)c2cc(Cl)ccc21. The van der Waals surface area contributed by atoms with Crippen LogP contribution < -0.4 is 10.6 Å². The van der Waals surface area contributed by atoms with E-state index in [9.17, 15) is 9.59 Å². The summed E-state index contributed by atoms with van der Waals surface area (Å²) in [6.07, 6.45) is 1.82. The molecule has 2 amide bonds. The number of rotatable bonds is 5. The maximum atomic E-state index is 12.3. The fourth-order valence-corrected chi connectivity index (χ4v) is 3.22. The van der Waals surface area contributed by atoms with E-state index in [1.165, 1.54) is 0 Å². The molecule has 0 fully saturated rings. The van der Waals surface area contributed by atoms with Crippen molar-refractivity contribution in [1.82, 2.24) is 0 Å². The highest BCUT2D eigenvalue weighted by Crippen LogP contribution is 2.29. The van der Waals surface area contributed by atoms with E-state index in [1.54, 1.807) is 18.0 Å². The van der Waals surface area contributed by atoms with E-state index in [4.69, 9.17) is 17.3 Å². The van der Waals surface area contributed by atoms with Crippen LogP contribution in [-0.2, 0) is 16.0 Å². The Morgan fingerprint density at radius 1 is 1.27 bits per heavy atom. The van der Waals surface area contributed by atoms with Crippen molar-refractivity contribution < 1.29 is 9.59 Å². The van der Waals surface area contributed by atoms with Gasteiger partial charge in [-0.25, -0.2) is 0 Å². The van der Waals surface area contributed by atoms with Crippen molar-refractivity contribution in [2.45, 2.75) is 19.3 Å². The Kier molecular flexibility index (Phi) is 5.38. The second-order valence-corrected chi connectivity index (χ2v) is 6.74. The molecular weight excluding hydrogens is 350 g/mol. The van der Waals surface area contributed by atoms with Crippen LogP contribution in [0, 0.1) is 0 Å². The largest absolute Gasteiger partial charge is 0.370 e. The zero-order valence-electron chi connectivity index (χ0n) is 14.5. The summed E-state index contributed by atoms with van der Waals surface area (Å²) in [6, 6.07) is 13.4. The van der Waals surface area contributed by atoms with E-state index in [2.05, 4.69) is 4.99 Å². The van der Waals surface area contributed by atoms with Gasteiger partial charge in [-0.15, -0.1) is 0 Å². The van der Waals surface area contributed by atoms with Gasteiger partial charge >= 0.3 is 0 Å². The first kappa shape index (κ1) is 18.1. The Hall–Kier alpha value is -2.66. The van der Waals surface area contributed by atoms with Crippen molar-refractivity contribution in [3.05, 3.63) is 64.2 Å². The standard InChI is InChI=1S/C20H20ClN3O2/c1-24-17-9-8-15(21)11-16(17)20(23-12-19(24)26)14-6-2-4-13(10-14)5-3-7-18(22)25/h2,4,6,8-11H,3,5,7,12H2,1H3,(H2,22,25). The minimum atomic E-state index is -0.292. The number of fused-ring (bicyclic) bond motifs is 1. The van der Waals surface area contributed by atoms with E-state index in [1.807, 2.05) is 36.4 Å². The van der Waals surface area contributed by atoms with Crippen LogP contribution in [-0.4, -0.2) is 31.1 Å². The fourth-order valence-electron chi connectivity index (χ4n) is 3.05. The van der Waals surface area contributed by atoms with Crippen LogP contribution in [0.25, 0.3) is 0 Å². The third-order valence-corrected chi connectivity index (χ3v) is 4.65.